The number of carbonyl (C=O) groups is 2. The minimum Gasteiger partial charge on any atom is -0.342 e. The van der Waals surface area contributed by atoms with Gasteiger partial charge in [-0.1, -0.05) is 11.6 Å². The highest BCUT2D eigenvalue weighted by Gasteiger charge is 2.23. The van der Waals surface area contributed by atoms with E-state index in [-0.39, 0.29) is 17.9 Å². The first-order valence-electron chi connectivity index (χ1n) is 9.05. The number of rotatable bonds is 4. The topological polar surface area (TPSA) is 78.1 Å². The van der Waals surface area contributed by atoms with Gasteiger partial charge in [-0.05, 0) is 59.3 Å². The maximum atomic E-state index is 12.7. The predicted octanol–water partition coefficient (Wildman–Crippen LogP) is 4.62. The SMILES string of the molecule is C[C@H](NC(=O)c1ccc(C(=O)N2CCSC2)c(Br)c1)c1nc2cc(Cl)ccc2[nH]1. The van der Waals surface area contributed by atoms with Crippen LogP contribution < -0.4 is 5.32 Å². The molecule has 1 saturated heterocycles. The summed E-state index contributed by atoms with van der Waals surface area (Å²) in [5.41, 5.74) is 2.64. The van der Waals surface area contributed by atoms with Crippen molar-refractivity contribution in [3.8, 4) is 0 Å². The van der Waals surface area contributed by atoms with Crippen molar-refractivity contribution >= 4 is 62.1 Å². The van der Waals surface area contributed by atoms with E-state index in [1.807, 2.05) is 13.0 Å². The van der Waals surface area contributed by atoms with Crippen molar-refractivity contribution in [3.63, 3.8) is 0 Å². The molecule has 6 nitrogen and oxygen atoms in total. The summed E-state index contributed by atoms with van der Waals surface area (Å²) in [6.45, 7) is 2.60. The highest BCUT2D eigenvalue weighted by molar-refractivity contribution is 9.10. The second-order valence-corrected chi connectivity index (χ2v) is 9.14. The molecule has 2 heterocycles. The number of thioether (sulfide) groups is 1. The molecular weight excluding hydrogens is 476 g/mol. The Balaban J connectivity index is 1.48. The predicted molar refractivity (Wildman–Crippen MR) is 119 cm³/mol. The van der Waals surface area contributed by atoms with E-state index in [2.05, 4.69) is 31.2 Å². The summed E-state index contributed by atoms with van der Waals surface area (Å²) in [6.07, 6.45) is 0. The molecule has 150 valence electrons. The monoisotopic (exact) mass is 492 g/mol. The van der Waals surface area contributed by atoms with Gasteiger partial charge in [0.1, 0.15) is 5.82 Å². The Labute approximate surface area is 185 Å². The Morgan fingerprint density at radius 2 is 2.14 bits per heavy atom. The number of H-pyrrole nitrogens is 1. The molecule has 1 aromatic heterocycles. The lowest BCUT2D eigenvalue weighted by Gasteiger charge is -2.16. The summed E-state index contributed by atoms with van der Waals surface area (Å²) in [4.78, 5) is 34.8. The largest absolute Gasteiger partial charge is 0.342 e. The van der Waals surface area contributed by atoms with Crippen molar-refractivity contribution in [2.75, 3.05) is 18.2 Å². The van der Waals surface area contributed by atoms with Gasteiger partial charge in [0.25, 0.3) is 11.8 Å². The average Bonchev–Trinajstić information content (AvgIpc) is 3.36. The summed E-state index contributed by atoms with van der Waals surface area (Å²) < 4.78 is 0.609. The van der Waals surface area contributed by atoms with Crippen LogP contribution in [0.5, 0.6) is 0 Å². The van der Waals surface area contributed by atoms with Crippen molar-refractivity contribution < 1.29 is 9.59 Å². The molecule has 0 spiro atoms. The second-order valence-electron chi connectivity index (χ2n) is 6.78. The number of imidazole rings is 1. The number of nitrogens with one attached hydrogen (secondary N) is 2. The van der Waals surface area contributed by atoms with Crippen LogP contribution in [0.15, 0.2) is 40.9 Å². The number of aromatic amines is 1. The summed E-state index contributed by atoms with van der Waals surface area (Å²) in [5, 5.41) is 3.54. The fourth-order valence-electron chi connectivity index (χ4n) is 3.13. The van der Waals surface area contributed by atoms with Crippen LogP contribution in [-0.4, -0.2) is 44.9 Å². The molecule has 1 aliphatic rings. The minimum atomic E-state index is -0.324. The molecule has 0 aliphatic carbocycles. The second kappa shape index (κ2) is 8.38. The van der Waals surface area contributed by atoms with Gasteiger partial charge >= 0.3 is 0 Å². The van der Waals surface area contributed by atoms with E-state index in [9.17, 15) is 9.59 Å². The van der Waals surface area contributed by atoms with Crippen LogP contribution in [0.1, 0.15) is 39.5 Å². The van der Waals surface area contributed by atoms with Crippen molar-refractivity contribution in [3.05, 3.63) is 62.8 Å². The highest BCUT2D eigenvalue weighted by Crippen LogP contribution is 2.24. The molecule has 2 aromatic carbocycles. The van der Waals surface area contributed by atoms with Crippen LogP contribution in [0, 0.1) is 0 Å². The van der Waals surface area contributed by atoms with Gasteiger partial charge in [0.05, 0.1) is 28.5 Å². The van der Waals surface area contributed by atoms with Gasteiger partial charge in [-0.3, -0.25) is 9.59 Å². The van der Waals surface area contributed by atoms with E-state index in [1.165, 1.54) is 0 Å². The number of aromatic nitrogens is 2. The van der Waals surface area contributed by atoms with Gasteiger partial charge in [0.15, 0.2) is 0 Å². The van der Waals surface area contributed by atoms with Gasteiger partial charge in [0.2, 0.25) is 0 Å². The molecule has 0 bridgehead atoms. The lowest BCUT2D eigenvalue weighted by atomic mass is 10.1. The number of halogens is 2. The third-order valence-electron chi connectivity index (χ3n) is 4.72. The molecule has 1 atom stereocenters. The van der Waals surface area contributed by atoms with Gasteiger partial charge in [-0.15, -0.1) is 11.8 Å². The molecule has 0 saturated carbocycles. The van der Waals surface area contributed by atoms with Gasteiger partial charge in [-0.25, -0.2) is 4.98 Å². The standard InChI is InChI=1S/C20H18BrClN4O2S/c1-11(18-24-16-5-3-13(22)9-17(16)25-18)23-19(27)12-2-4-14(15(21)8-12)20(28)26-6-7-29-10-26/h2-5,8-9,11H,6-7,10H2,1H3,(H,23,27)(H,24,25)/t11-/m0/s1. The molecule has 2 amide bonds. The van der Waals surface area contributed by atoms with Crippen LogP contribution in [0.3, 0.4) is 0 Å². The highest BCUT2D eigenvalue weighted by atomic mass is 79.9. The van der Waals surface area contributed by atoms with Crippen molar-refractivity contribution in [1.82, 2.24) is 20.2 Å². The normalized spacial score (nSPS) is 14.9. The van der Waals surface area contributed by atoms with E-state index in [4.69, 9.17) is 11.6 Å². The van der Waals surface area contributed by atoms with Crippen LogP contribution in [0.25, 0.3) is 11.0 Å². The van der Waals surface area contributed by atoms with Gasteiger partial charge in [0, 0.05) is 27.4 Å². The quantitative estimate of drug-likeness (QED) is 0.556. The molecule has 9 heteroatoms. The number of nitrogens with zero attached hydrogens (tertiary/aromatic N) is 2. The zero-order chi connectivity index (χ0) is 20.5. The maximum absolute atomic E-state index is 12.7. The Hall–Kier alpha value is -2.03. The molecule has 1 aliphatic heterocycles. The average molecular weight is 494 g/mol. The lowest BCUT2D eigenvalue weighted by Crippen LogP contribution is -2.29. The smallest absolute Gasteiger partial charge is 0.255 e. The van der Waals surface area contributed by atoms with E-state index < -0.39 is 0 Å². The number of hydrogen-bond acceptors (Lipinski definition) is 4. The summed E-state index contributed by atoms with van der Waals surface area (Å²) in [6, 6.07) is 10.1. The fourth-order valence-corrected chi connectivity index (χ4v) is 4.79. The maximum Gasteiger partial charge on any atom is 0.255 e. The first kappa shape index (κ1) is 20.3. The third-order valence-corrected chi connectivity index (χ3v) is 6.58. The van der Waals surface area contributed by atoms with Crippen molar-refractivity contribution in [2.45, 2.75) is 13.0 Å². The van der Waals surface area contributed by atoms with Crippen LogP contribution in [-0.2, 0) is 0 Å². The first-order valence-corrected chi connectivity index (χ1v) is 11.4. The lowest BCUT2D eigenvalue weighted by molar-refractivity contribution is 0.0801. The van der Waals surface area contributed by atoms with E-state index in [0.29, 0.717) is 32.3 Å². The molecule has 1 fully saturated rings. The van der Waals surface area contributed by atoms with E-state index in [1.54, 1.807) is 47.0 Å². The Kier molecular flexibility index (Phi) is 5.85. The number of carbonyl (C=O) groups excluding carboxylic acids is 2. The van der Waals surface area contributed by atoms with Crippen molar-refractivity contribution in [1.29, 1.82) is 0 Å². The minimum absolute atomic E-state index is 0.0249. The molecule has 3 aromatic rings. The Morgan fingerprint density at radius 1 is 1.31 bits per heavy atom. The molecular formula is C20H18BrClN4O2S. The number of benzene rings is 2. The first-order chi connectivity index (χ1) is 13.9. The Bertz CT molecular complexity index is 1100. The zero-order valence-corrected chi connectivity index (χ0v) is 18.7. The van der Waals surface area contributed by atoms with Crippen LogP contribution in [0.4, 0.5) is 0 Å². The summed E-state index contributed by atoms with van der Waals surface area (Å²) in [7, 11) is 0. The summed E-state index contributed by atoms with van der Waals surface area (Å²) >= 11 is 11.2. The molecule has 29 heavy (non-hydrogen) atoms. The Morgan fingerprint density at radius 3 is 2.86 bits per heavy atom. The van der Waals surface area contributed by atoms with Gasteiger partial charge < -0.3 is 15.2 Å². The van der Waals surface area contributed by atoms with E-state index >= 15 is 0 Å². The van der Waals surface area contributed by atoms with Crippen LogP contribution >= 0.6 is 39.3 Å². The van der Waals surface area contributed by atoms with Gasteiger partial charge in [-0.2, -0.15) is 0 Å². The molecule has 2 N–H and O–H groups in total. The summed E-state index contributed by atoms with van der Waals surface area (Å²) in [5.74, 6) is 2.03. The number of hydrogen-bond donors (Lipinski definition) is 2. The molecule has 0 radical (unpaired) electrons. The number of amides is 2. The van der Waals surface area contributed by atoms with Crippen LogP contribution in [0.2, 0.25) is 5.02 Å². The van der Waals surface area contributed by atoms with Crippen molar-refractivity contribution in [2.24, 2.45) is 0 Å². The fraction of sp³-hybridized carbons (Fsp3) is 0.250. The van der Waals surface area contributed by atoms with E-state index in [0.717, 1.165) is 23.3 Å². The molecule has 0 unspecified atom stereocenters. The zero-order valence-electron chi connectivity index (χ0n) is 15.5. The number of fused-ring (bicyclic) bond motifs is 1. The third kappa shape index (κ3) is 4.29. The molecule has 4 rings (SSSR count).